The predicted molar refractivity (Wildman–Crippen MR) is 71.9 cm³/mol. The summed E-state index contributed by atoms with van der Waals surface area (Å²) in [5, 5.41) is 13.9. The molecular weight excluding hydrogens is 262 g/mol. The zero-order chi connectivity index (χ0) is 14.7. The normalized spacial score (nSPS) is 12.8. The summed E-state index contributed by atoms with van der Waals surface area (Å²) in [5.74, 6) is -1.33. The molecule has 0 spiro atoms. The van der Waals surface area contributed by atoms with E-state index in [0.29, 0.717) is 18.7 Å². The summed E-state index contributed by atoms with van der Waals surface area (Å²) in [7, 11) is 1.48. The van der Waals surface area contributed by atoms with Gasteiger partial charge < -0.3 is 15.7 Å². The third-order valence-corrected chi connectivity index (χ3v) is 3.15. The number of likely N-dealkylation sites (N-methyl/N-ethyl adjacent to an activating group) is 1. The van der Waals surface area contributed by atoms with E-state index < -0.39 is 12.0 Å². The molecule has 2 rings (SSSR count). The fourth-order valence-corrected chi connectivity index (χ4v) is 2.06. The molecule has 0 saturated carbocycles. The Kier molecular flexibility index (Phi) is 3.88. The van der Waals surface area contributed by atoms with E-state index in [0.717, 1.165) is 5.56 Å². The maximum absolute atomic E-state index is 12.0. The van der Waals surface area contributed by atoms with Gasteiger partial charge in [-0.25, -0.2) is 9.59 Å². The average molecular weight is 277 g/mol. The average Bonchev–Trinajstić information content (AvgIpc) is 2.87. The van der Waals surface area contributed by atoms with Crippen molar-refractivity contribution in [2.45, 2.75) is 6.42 Å². The minimum atomic E-state index is -1.04. The Morgan fingerprint density at radius 1 is 1.35 bits per heavy atom. The van der Waals surface area contributed by atoms with Crippen molar-refractivity contribution in [1.82, 2.24) is 10.6 Å². The fraction of sp³-hybridized carbons (Fsp3) is 0.308. The Morgan fingerprint density at radius 3 is 2.75 bits per heavy atom. The molecule has 1 aromatic rings. The zero-order valence-electron chi connectivity index (χ0n) is 11.0. The molecule has 20 heavy (non-hydrogen) atoms. The highest BCUT2D eigenvalue weighted by atomic mass is 16.4. The van der Waals surface area contributed by atoms with Crippen LogP contribution in [0.5, 0.6) is 0 Å². The van der Waals surface area contributed by atoms with Gasteiger partial charge in [-0.2, -0.15) is 0 Å². The van der Waals surface area contributed by atoms with Crippen molar-refractivity contribution in [3.8, 4) is 0 Å². The Morgan fingerprint density at radius 2 is 2.10 bits per heavy atom. The highest BCUT2D eigenvalue weighted by Gasteiger charge is 2.25. The second-order valence-corrected chi connectivity index (χ2v) is 4.38. The van der Waals surface area contributed by atoms with E-state index in [2.05, 4.69) is 10.6 Å². The first kappa shape index (κ1) is 13.9. The summed E-state index contributed by atoms with van der Waals surface area (Å²) >= 11 is 0. The number of hydrogen-bond acceptors (Lipinski definition) is 3. The molecule has 0 unspecified atom stereocenters. The number of rotatable bonds is 3. The Hall–Kier alpha value is -2.57. The van der Waals surface area contributed by atoms with Gasteiger partial charge in [0, 0.05) is 19.3 Å². The van der Waals surface area contributed by atoms with Crippen molar-refractivity contribution in [3.05, 3.63) is 29.3 Å². The Balaban J connectivity index is 2.14. The van der Waals surface area contributed by atoms with E-state index in [1.807, 2.05) is 0 Å². The molecule has 0 bridgehead atoms. The molecule has 0 radical (unpaired) electrons. The van der Waals surface area contributed by atoms with Gasteiger partial charge in [0.05, 0.1) is 12.1 Å². The van der Waals surface area contributed by atoms with Crippen LogP contribution in [0.15, 0.2) is 18.2 Å². The first-order valence-corrected chi connectivity index (χ1v) is 6.15. The number of fused-ring (bicyclic) bond motifs is 1. The molecule has 0 aromatic heterocycles. The third-order valence-electron chi connectivity index (χ3n) is 3.15. The topological polar surface area (TPSA) is 98.7 Å². The maximum Gasteiger partial charge on any atom is 0.335 e. The summed E-state index contributed by atoms with van der Waals surface area (Å²) in [6.07, 6.45) is 0.669. The van der Waals surface area contributed by atoms with Crippen LogP contribution in [0.1, 0.15) is 15.9 Å². The van der Waals surface area contributed by atoms with Crippen molar-refractivity contribution in [1.29, 1.82) is 0 Å². The van der Waals surface area contributed by atoms with Crippen LogP contribution in [-0.4, -0.2) is 43.2 Å². The molecule has 1 aliphatic rings. The fourth-order valence-electron chi connectivity index (χ4n) is 2.06. The summed E-state index contributed by atoms with van der Waals surface area (Å²) in [6.45, 7) is 0.359. The molecule has 0 fully saturated rings. The van der Waals surface area contributed by atoms with Crippen molar-refractivity contribution < 1.29 is 19.5 Å². The molecule has 0 saturated heterocycles. The van der Waals surface area contributed by atoms with E-state index in [-0.39, 0.29) is 18.0 Å². The van der Waals surface area contributed by atoms with E-state index in [1.165, 1.54) is 24.1 Å². The molecular formula is C13H15N3O4. The Labute approximate surface area is 115 Å². The first-order valence-electron chi connectivity index (χ1n) is 6.15. The van der Waals surface area contributed by atoms with Gasteiger partial charge in [0.2, 0.25) is 5.91 Å². The minimum absolute atomic E-state index is 0.111. The number of amides is 3. The number of urea groups is 1. The molecule has 1 heterocycles. The van der Waals surface area contributed by atoms with Gasteiger partial charge in [-0.15, -0.1) is 0 Å². The minimum Gasteiger partial charge on any atom is -0.478 e. The van der Waals surface area contributed by atoms with Gasteiger partial charge >= 0.3 is 12.0 Å². The van der Waals surface area contributed by atoms with Gasteiger partial charge in [0.15, 0.2) is 0 Å². The van der Waals surface area contributed by atoms with Gasteiger partial charge in [0.1, 0.15) is 0 Å². The van der Waals surface area contributed by atoms with Crippen molar-refractivity contribution in [2.24, 2.45) is 0 Å². The van der Waals surface area contributed by atoms with Crippen molar-refractivity contribution in [3.63, 3.8) is 0 Å². The van der Waals surface area contributed by atoms with Crippen LogP contribution in [0.4, 0.5) is 10.5 Å². The van der Waals surface area contributed by atoms with E-state index in [4.69, 9.17) is 5.11 Å². The van der Waals surface area contributed by atoms with Crippen molar-refractivity contribution >= 4 is 23.6 Å². The molecule has 1 aliphatic heterocycles. The second kappa shape index (κ2) is 5.60. The number of hydrogen-bond donors (Lipinski definition) is 3. The maximum atomic E-state index is 12.0. The lowest BCUT2D eigenvalue weighted by atomic mass is 10.1. The molecule has 0 aliphatic carbocycles. The summed E-state index contributed by atoms with van der Waals surface area (Å²) < 4.78 is 0. The highest BCUT2D eigenvalue weighted by Crippen LogP contribution is 2.29. The van der Waals surface area contributed by atoms with E-state index in [1.54, 1.807) is 6.07 Å². The number of nitrogens with zero attached hydrogens (tertiary/aromatic N) is 1. The van der Waals surface area contributed by atoms with Crippen LogP contribution in [0.25, 0.3) is 0 Å². The van der Waals surface area contributed by atoms with Crippen LogP contribution in [0.3, 0.4) is 0 Å². The monoisotopic (exact) mass is 277 g/mol. The standard InChI is InChI=1S/C13H15N3O4/c1-14-11(17)7-15-13(20)16-5-4-8-2-3-9(12(18)19)6-10(8)16/h2-3,6H,4-5,7H2,1H3,(H,14,17)(H,15,20)(H,18,19). The number of carbonyl (C=O) groups is 3. The lowest BCUT2D eigenvalue weighted by Gasteiger charge is -2.18. The van der Waals surface area contributed by atoms with Gasteiger partial charge in [-0.1, -0.05) is 6.07 Å². The zero-order valence-corrected chi connectivity index (χ0v) is 11.0. The van der Waals surface area contributed by atoms with Crippen LogP contribution in [0, 0.1) is 0 Å². The molecule has 1 aromatic carbocycles. The number of anilines is 1. The van der Waals surface area contributed by atoms with Gasteiger partial charge in [0.25, 0.3) is 0 Å². The SMILES string of the molecule is CNC(=O)CNC(=O)N1CCc2ccc(C(=O)O)cc21. The number of carbonyl (C=O) groups excluding carboxylic acids is 2. The van der Waals surface area contributed by atoms with Crippen LogP contribution < -0.4 is 15.5 Å². The number of nitrogens with one attached hydrogen (secondary N) is 2. The van der Waals surface area contributed by atoms with Crippen LogP contribution in [0.2, 0.25) is 0 Å². The smallest absolute Gasteiger partial charge is 0.335 e. The largest absolute Gasteiger partial charge is 0.478 e. The first-order chi connectivity index (χ1) is 9.52. The molecule has 3 amide bonds. The Bertz CT molecular complexity index is 571. The number of aromatic carboxylic acids is 1. The number of carboxylic acids is 1. The van der Waals surface area contributed by atoms with Crippen LogP contribution in [-0.2, 0) is 11.2 Å². The molecule has 106 valence electrons. The summed E-state index contributed by atoms with van der Waals surface area (Å²) in [5.41, 5.74) is 1.64. The molecule has 3 N–H and O–H groups in total. The summed E-state index contributed by atoms with van der Waals surface area (Å²) in [4.78, 5) is 35.5. The lowest BCUT2D eigenvalue weighted by Crippen LogP contribution is -2.43. The molecule has 0 atom stereocenters. The second-order valence-electron chi connectivity index (χ2n) is 4.38. The van der Waals surface area contributed by atoms with Crippen LogP contribution >= 0.6 is 0 Å². The number of carboxylic acid groups (broad SMARTS) is 1. The lowest BCUT2D eigenvalue weighted by molar-refractivity contribution is -0.119. The summed E-state index contributed by atoms with van der Waals surface area (Å²) in [6, 6.07) is 4.30. The highest BCUT2D eigenvalue weighted by molar-refractivity contribution is 5.98. The molecule has 7 heteroatoms. The van der Waals surface area contributed by atoms with E-state index in [9.17, 15) is 14.4 Å². The quantitative estimate of drug-likeness (QED) is 0.735. The van der Waals surface area contributed by atoms with Gasteiger partial charge in [-0.3, -0.25) is 9.69 Å². The third kappa shape index (κ3) is 2.71. The predicted octanol–water partition coefficient (Wildman–Crippen LogP) is 0.203. The molecule has 7 nitrogen and oxygen atoms in total. The number of benzene rings is 1. The van der Waals surface area contributed by atoms with Crippen molar-refractivity contribution in [2.75, 3.05) is 25.0 Å². The van der Waals surface area contributed by atoms with E-state index >= 15 is 0 Å². The van der Waals surface area contributed by atoms with Gasteiger partial charge in [-0.05, 0) is 24.1 Å².